The molecule has 13 nitrogen and oxygen atoms in total. The van der Waals surface area contributed by atoms with Gasteiger partial charge in [0.1, 0.15) is 17.9 Å². The number of aliphatic hydroxyl groups is 1. The van der Waals surface area contributed by atoms with Crippen molar-refractivity contribution in [3.63, 3.8) is 0 Å². The molecule has 1 spiro atoms. The summed E-state index contributed by atoms with van der Waals surface area (Å²) in [6.45, 7) is 13.1. The van der Waals surface area contributed by atoms with Crippen LogP contribution in [0.25, 0.3) is 27.0 Å². The van der Waals surface area contributed by atoms with Gasteiger partial charge in [0.15, 0.2) is 0 Å². The third kappa shape index (κ3) is 9.13. The van der Waals surface area contributed by atoms with Crippen LogP contribution in [0.3, 0.4) is 0 Å². The molecule has 3 aromatic heterocycles. The summed E-state index contributed by atoms with van der Waals surface area (Å²) in [5, 5.41) is 23.6. The van der Waals surface area contributed by atoms with E-state index in [1.807, 2.05) is 82.7 Å². The normalized spacial score (nSPS) is 20.3. The number of hydrogen-bond acceptors (Lipinski definition) is 10. The summed E-state index contributed by atoms with van der Waals surface area (Å²) in [7, 11) is 0. The number of nitrogens with one attached hydrogen (secondary N) is 1. The van der Waals surface area contributed by atoms with Crippen LogP contribution in [0.1, 0.15) is 144 Å². The largest absolute Gasteiger partial charge is 0.391 e. The highest BCUT2D eigenvalue weighted by molar-refractivity contribution is 9.10. The second-order valence-electron chi connectivity index (χ2n) is 21.2. The zero-order valence-corrected chi connectivity index (χ0v) is 42.9. The maximum Gasteiger partial charge on any atom is 0.281 e. The monoisotopic (exact) mass is 1010 g/mol. The summed E-state index contributed by atoms with van der Waals surface area (Å²) >= 11 is 5.24. The van der Waals surface area contributed by atoms with Gasteiger partial charge in [0, 0.05) is 23.6 Å². The van der Waals surface area contributed by atoms with Gasteiger partial charge in [0.25, 0.3) is 5.56 Å². The number of unbranched alkanes of at least 4 members (excludes halogenated alkanes) is 1. The van der Waals surface area contributed by atoms with Gasteiger partial charge in [-0.25, -0.2) is 9.67 Å². The first kappa shape index (κ1) is 47.6. The van der Waals surface area contributed by atoms with E-state index in [2.05, 4.69) is 70.3 Å². The predicted molar refractivity (Wildman–Crippen MR) is 274 cm³/mol. The number of hydrogen-bond donors (Lipinski definition) is 2. The lowest BCUT2D eigenvalue weighted by Gasteiger charge is -2.35. The Morgan fingerprint density at radius 2 is 1.78 bits per heavy atom. The molecule has 3 aliphatic heterocycles. The molecule has 0 unspecified atom stereocenters. The van der Waals surface area contributed by atoms with Crippen molar-refractivity contribution in [1.29, 1.82) is 0 Å². The third-order valence-corrected chi connectivity index (χ3v) is 17.2. The summed E-state index contributed by atoms with van der Waals surface area (Å²) in [6.07, 6.45) is 11.8. The number of carbonyl (C=O) groups excluding carboxylic acids is 2. The average Bonchev–Trinajstić information content (AvgIpc) is 4.14. The number of rotatable bonds is 12. The summed E-state index contributed by atoms with van der Waals surface area (Å²) in [4.78, 5) is 56.3. The smallest absolute Gasteiger partial charge is 0.281 e. The number of amides is 2. The molecular formula is C54H64BrN9O4S. The standard InChI is InChI=1S/C54H64BrN9O4S/c1-33(35-15-17-37(18-16-35)47-34(2)56-32-69-47)57-49(66)45-29-40(65)31-62(45)51(68)48(53(3,4)5)63-30-39(59-60-63)12-7-10-25-61-26-21-36(22-27-61)38-19-20-43-41(28-38)54(23-8-6-9-24-54)52-58-50(67)46-42(55)13-11-14-44(46)64(43)52/h11,13-20,28,30,32-33,36,40,45,48,65H,6-10,12,21-27,29,31H2,1-5H3,(H,57,66)/t33-,40+,45-,48+/m0/s1. The second-order valence-corrected chi connectivity index (χ2v) is 22.9. The first-order valence-electron chi connectivity index (χ1n) is 25.0. The van der Waals surface area contributed by atoms with Crippen molar-refractivity contribution in [3.05, 3.63) is 121 Å². The molecule has 2 saturated heterocycles. The van der Waals surface area contributed by atoms with Crippen LogP contribution < -0.4 is 10.9 Å². The number of piperidine rings is 1. The molecule has 3 fully saturated rings. The summed E-state index contributed by atoms with van der Waals surface area (Å²) in [6, 6.07) is 19.4. The first-order valence-corrected chi connectivity index (χ1v) is 26.7. The van der Waals surface area contributed by atoms with Crippen molar-refractivity contribution in [1.82, 2.24) is 44.6 Å². The number of carbonyl (C=O) groups is 2. The number of halogens is 1. The summed E-state index contributed by atoms with van der Waals surface area (Å²) < 4.78 is 4.74. The number of thiazole rings is 1. The molecule has 1 aliphatic carbocycles. The van der Waals surface area contributed by atoms with E-state index in [-0.39, 0.29) is 41.8 Å². The number of fused-ring (bicyclic) bond motifs is 7. The Morgan fingerprint density at radius 3 is 2.51 bits per heavy atom. The molecule has 0 radical (unpaired) electrons. The van der Waals surface area contributed by atoms with Gasteiger partial charge >= 0.3 is 0 Å². The van der Waals surface area contributed by atoms with Gasteiger partial charge in [-0.05, 0) is 146 Å². The van der Waals surface area contributed by atoms with Gasteiger partial charge in [0.2, 0.25) is 11.8 Å². The maximum atomic E-state index is 14.5. The van der Waals surface area contributed by atoms with E-state index in [9.17, 15) is 19.5 Å². The highest BCUT2D eigenvalue weighted by Gasteiger charge is 2.48. The number of aliphatic hydroxyl groups excluding tert-OH is 1. The summed E-state index contributed by atoms with van der Waals surface area (Å²) in [5.41, 5.74) is 9.66. The van der Waals surface area contributed by atoms with Crippen LogP contribution in [0, 0.1) is 12.3 Å². The van der Waals surface area contributed by atoms with Gasteiger partial charge < -0.3 is 20.2 Å². The summed E-state index contributed by atoms with van der Waals surface area (Å²) in [5.74, 6) is 0.885. The van der Waals surface area contributed by atoms with Crippen LogP contribution in [0.5, 0.6) is 0 Å². The zero-order valence-electron chi connectivity index (χ0n) is 40.5. The molecule has 6 heterocycles. The quantitative estimate of drug-likeness (QED) is 0.114. The van der Waals surface area contributed by atoms with E-state index in [1.54, 1.807) is 20.9 Å². The van der Waals surface area contributed by atoms with E-state index < -0.39 is 23.6 Å². The lowest BCUT2D eigenvalue weighted by Crippen LogP contribution is -2.50. The van der Waals surface area contributed by atoms with Crippen LogP contribution >= 0.6 is 27.3 Å². The van der Waals surface area contributed by atoms with E-state index >= 15 is 0 Å². The van der Waals surface area contributed by atoms with E-state index in [4.69, 9.17) is 4.98 Å². The Morgan fingerprint density at radius 1 is 1.01 bits per heavy atom. The maximum absolute atomic E-state index is 14.5. The van der Waals surface area contributed by atoms with E-state index in [1.165, 1.54) is 23.2 Å². The second kappa shape index (κ2) is 19.3. The fraction of sp³-hybridized carbons (Fsp3) is 0.500. The third-order valence-electron chi connectivity index (χ3n) is 15.5. The minimum absolute atomic E-state index is 0.0829. The van der Waals surface area contributed by atoms with Crippen LogP contribution in [0.15, 0.2) is 81.6 Å². The van der Waals surface area contributed by atoms with Crippen molar-refractivity contribution in [2.45, 2.75) is 141 Å². The lowest BCUT2D eigenvalue weighted by molar-refractivity contribution is -0.144. The van der Waals surface area contributed by atoms with Gasteiger partial charge in [-0.2, -0.15) is 4.98 Å². The molecule has 362 valence electrons. The highest BCUT2D eigenvalue weighted by atomic mass is 79.9. The Balaban J connectivity index is 0.737. The SMILES string of the molecule is Cc1ncsc1-c1ccc([C@H](C)NC(=O)[C@@H]2C[C@@H](O)CN2C(=O)[C@@H](n2cc(CCCCN3CCC(c4ccc5c(c4)C4(CCCCC4)c4nc(=O)c6c(Br)cccc6n4-5)CC3)nn2)C(C)(C)C)cc1. The Labute approximate surface area is 416 Å². The Kier molecular flexibility index (Phi) is 13.3. The van der Waals surface area contributed by atoms with Crippen LogP contribution in [0.2, 0.25) is 0 Å². The fourth-order valence-corrected chi connectivity index (χ4v) is 13.2. The number of aryl methyl sites for hydroxylation is 2. The first-order chi connectivity index (χ1) is 33.2. The number of aromatic nitrogens is 6. The molecule has 6 aromatic rings. The fourth-order valence-electron chi connectivity index (χ4n) is 11.9. The van der Waals surface area contributed by atoms with Gasteiger partial charge in [-0.15, -0.1) is 16.4 Å². The van der Waals surface area contributed by atoms with Crippen LogP contribution in [-0.2, 0) is 21.4 Å². The number of likely N-dealkylation sites (tertiary alicyclic amines) is 2. The average molecular weight is 1020 g/mol. The van der Waals surface area contributed by atoms with Crippen molar-refractivity contribution in [2.75, 3.05) is 26.2 Å². The van der Waals surface area contributed by atoms with Crippen molar-refractivity contribution in [2.24, 2.45) is 5.41 Å². The number of β-amino-alcohol motifs (C(OH)–C–C–N with tert-alkyl or cyclic N) is 1. The van der Waals surface area contributed by atoms with Crippen LogP contribution in [0.4, 0.5) is 0 Å². The van der Waals surface area contributed by atoms with E-state index in [0.717, 1.165) is 121 Å². The minimum atomic E-state index is -0.804. The molecule has 2 N–H and O–H groups in total. The van der Waals surface area contributed by atoms with Crippen molar-refractivity contribution >= 4 is 50.0 Å². The molecular weight excluding hydrogens is 951 g/mol. The van der Waals surface area contributed by atoms with Gasteiger partial charge in [-0.1, -0.05) is 87.7 Å². The Bertz CT molecular complexity index is 2930. The van der Waals surface area contributed by atoms with Crippen molar-refractivity contribution < 1.29 is 14.7 Å². The topological polar surface area (TPSA) is 151 Å². The van der Waals surface area contributed by atoms with E-state index in [0.29, 0.717) is 11.3 Å². The Hall–Kier alpha value is -5.09. The number of nitrogens with zero attached hydrogens (tertiary/aromatic N) is 8. The molecule has 4 aliphatic rings. The molecule has 2 amide bonds. The molecule has 1 saturated carbocycles. The lowest BCUT2D eigenvalue weighted by atomic mass is 9.69. The minimum Gasteiger partial charge on any atom is -0.391 e. The highest BCUT2D eigenvalue weighted by Crippen LogP contribution is 2.52. The molecule has 4 atom stereocenters. The molecule has 15 heteroatoms. The molecule has 3 aromatic carbocycles. The zero-order chi connectivity index (χ0) is 48.2. The van der Waals surface area contributed by atoms with Gasteiger partial charge in [0.05, 0.1) is 55.9 Å². The van der Waals surface area contributed by atoms with Gasteiger partial charge in [-0.3, -0.25) is 19.0 Å². The molecule has 69 heavy (non-hydrogen) atoms. The number of benzene rings is 3. The molecule has 0 bridgehead atoms. The van der Waals surface area contributed by atoms with Crippen molar-refractivity contribution in [3.8, 4) is 16.1 Å². The molecule has 10 rings (SSSR count). The van der Waals surface area contributed by atoms with Crippen LogP contribution in [-0.4, -0.2) is 94.6 Å². The predicted octanol–water partition coefficient (Wildman–Crippen LogP) is 9.36.